The molecule has 2 rings (SSSR count). The van der Waals surface area contributed by atoms with Crippen LogP contribution in [-0.4, -0.2) is 30.7 Å². The second-order valence-electron chi connectivity index (χ2n) is 8.16. The van der Waals surface area contributed by atoms with Gasteiger partial charge in [-0.15, -0.1) is 5.75 Å². The molecular weight excluding hydrogens is 342 g/mol. The van der Waals surface area contributed by atoms with E-state index < -0.39 is 0 Å². The summed E-state index contributed by atoms with van der Waals surface area (Å²) in [5, 5.41) is 13.0. The van der Waals surface area contributed by atoms with Crippen molar-refractivity contribution in [3.8, 4) is 5.75 Å². The predicted octanol–water partition coefficient (Wildman–Crippen LogP) is 6.92. The number of hydrogen-bond acceptors (Lipinski definition) is 1. The van der Waals surface area contributed by atoms with Crippen molar-refractivity contribution in [3.63, 3.8) is 0 Å². The molecule has 0 heterocycles. The lowest BCUT2D eigenvalue weighted by atomic mass is 10.1. The molecule has 0 fully saturated rings. The van der Waals surface area contributed by atoms with E-state index in [1.165, 1.54) is 82.0 Å². The topological polar surface area (TPSA) is 23.1 Å². The van der Waals surface area contributed by atoms with Crippen molar-refractivity contribution in [3.05, 3.63) is 42.5 Å². The van der Waals surface area contributed by atoms with E-state index in [-0.39, 0.29) is 5.75 Å². The fourth-order valence-electron chi connectivity index (χ4n) is 3.81. The molecule has 0 aliphatic rings. The molecule has 0 aliphatic carbocycles. The van der Waals surface area contributed by atoms with Gasteiger partial charge in [0.15, 0.2) is 0 Å². The van der Waals surface area contributed by atoms with E-state index in [0.29, 0.717) is 0 Å². The third-order valence-electron chi connectivity index (χ3n) is 5.66. The molecule has 0 saturated heterocycles. The molecule has 0 spiro atoms. The molecule has 0 bridgehead atoms. The van der Waals surface area contributed by atoms with Gasteiger partial charge in [-0.2, -0.15) is 0 Å². The van der Waals surface area contributed by atoms with E-state index in [1.807, 2.05) is 30.3 Å². The number of rotatable bonds is 12. The van der Waals surface area contributed by atoms with Gasteiger partial charge in [-0.3, -0.25) is 0 Å². The van der Waals surface area contributed by atoms with E-state index in [2.05, 4.69) is 27.7 Å². The monoisotopic (exact) mass is 385 g/mol. The van der Waals surface area contributed by atoms with Crippen LogP contribution in [0, 0.1) is 0 Å². The largest absolute Gasteiger partial charge is 0.872 e. The molecule has 0 amide bonds. The first-order valence-corrected chi connectivity index (χ1v) is 11.6. The Bertz CT molecular complexity index is 600. The first-order chi connectivity index (χ1) is 13.6. The zero-order valence-electron chi connectivity index (χ0n) is 18.9. The van der Waals surface area contributed by atoms with Crippen LogP contribution in [0.4, 0.5) is 0 Å². The highest BCUT2D eigenvalue weighted by atomic mass is 16.3. The summed E-state index contributed by atoms with van der Waals surface area (Å²) in [6.07, 6.45) is 11.1. The lowest BCUT2D eigenvalue weighted by molar-refractivity contribution is -0.929. The molecular formula is C26H43NO. The van der Waals surface area contributed by atoms with E-state index in [4.69, 9.17) is 0 Å². The maximum Gasteiger partial charge on any atom is 0.0786 e. The number of unbranched alkanes of at least 4 members (excludes halogenated alkanes) is 4. The number of quaternary nitrogens is 1. The maximum absolute atomic E-state index is 10.9. The Morgan fingerprint density at radius 2 is 1.04 bits per heavy atom. The van der Waals surface area contributed by atoms with Gasteiger partial charge in [0.25, 0.3) is 0 Å². The zero-order chi connectivity index (χ0) is 20.7. The van der Waals surface area contributed by atoms with Crippen LogP contribution in [0.25, 0.3) is 10.8 Å². The second kappa shape index (κ2) is 14.5. The van der Waals surface area contributed by atoms with E-state index in [9.17, 15) is 5.11 Å². The summed E-state index contributed by atoms with van der Waals surface area (Å²) in [7, 11) is 0. The molecule has 0 saturated carbocycles. The molecule has 2 heteroatoms. The minimum absolute atomic E-state index is 0.0729. The number of fused-ring (bicyclic) bond motifs is 1. The Hall–Kier alpha value is -1.54. The standard InChI is InChI=1S/C16H36N.C10H8O/c1-5-9-13-17(14-10-6-2,15-11-7-3)16-12-8-4;11-10-6-5-8-3-1-2-4-9(8)7-10/h5-16H2,1-4H3;1-7,11H/q+1;/p-1. The lowest BCUT2D eigenvalue weighted by Crippen LogP contribution is -2.50. The van der Waals surface area contributed by atoms with Crippen molar-refractivity contribution in [1.29, 1.82) is 0 Å². The summed E-state index contributed by atoms with van der Waals surface area (Å²) in [5.74, 6) is 0.0729. The van der Waals surface area contributed by atoms with E-state index >= 15 is 0 Å². The summed E-state index contributed by atoms with van der Waals surface area (Å²) in [5.41, 5.74) is 0. The highest BCUT2D eigenvalue weighted by Gasteiger charge is 2.24. The smallest absolute Gasteiger partial charge is 0.0786 e. The van der Waals surface area contributed by atoms with Gasteiger partial charge in [0.2, 0.25) is 0 Å². The Kier molecular flexibility index (Phi) is 12.6. The summed E-state index contributed by atoms with van der Waals surface area (Å²) < 4.78 is 1.42. The molecule has 0 unspecified atom stereocenters. The third kappa shape index (κ3) is 9.10. The molecule has 28 heavy (non-hydrogen) atoms. The van der Waals surface area contributed by atoms with Crippen LogP contribution in [0.3, 0.4) is 0 Å². The van der Waals surface area contributed by atoms with Crippen LogP contribution in [-0.2, 0) is 0 Å². The van der Waals surface area contributed by atoms with Crippen LogP contribution in [0.2, 0.25) is 0 Å². The van der Waals surface area contributed by atoms with E-state index in [1.54, 1.807) is 12.1 Å². The van der Waals surface area contributed by atoms with Gasteiger partial charge in [0.05, 0.1) is 26.2 Å². The molecule has 0 N–H and O–H groups in total. The fraction of sp³-hybridized carbons (Fsp3) is 0.615. The molecule has 2 nitrogen and oxygen atoms in total. The quantitative estimate of drug-likeness (QED) is 0.364. The fourth-order valence-corrected chi connectivity index (χ4v) is 3.81. The van der Waals surface area contributed by atoms with E-state index in [0.717, 1.165) is 10.8 Å². The number of hydrogen-bond donors (Lipinski definition) is 0. The first kappa shape index (κ1) is 24.5. The van der Waals surface area contributed by atoms with Crippen LogP contribution in [0.1, 0.15) is 79.1 Å². The Balaban J connectivity index is 0.000000302. The summed E-state index contributed by atoms with van der Waals surface area (Å²) in [6.45, 7) is 15.0. The van der Waals surface area contributed by atoms with Crippen LogP contribution in [0.15, 0.2) is 42.5 Å². The van der Waals surface area contributed by atoms with Crippen LogP contribution >= 0.6 is 0 Å². The normalized spacial score (nSPS) is 11.3. The average molecular weight is 386 g/mol. The van der Waals surface area contributed by atoms with Gasteiger partial charge in [-0.1, -0.05) is 95.8 Å². The van der Waals surface area contributed by atoms with Gasteiger partial charge in [-0.05, 0) is 36.5 Å². The SMILES string of the molecule is CCCC[N+](CCCC)(CCCC)CCCC.[O-]c1ccc2ccccc2c1. The molecule has 2 aromatic rings. The van der Waals surface area contributed by atoms with Gasteiger partial charge in [0.1, 0.15) is 0 Å². The Morgan fingerprint density at radius 3 is 1.46 bits per heavy atom. The molecule has 0 radical (unpaired) electrons. The highest BCUT2D eigenvalue weighted by Crippen LogP contribution is 2.17. The van der Waals surface area contributed by atoms with Crippen molar-refractivity contribution in [2.24, 2.45) is 0 Å². The Morgan fingerprint density at radius 1 is 0.607 bits per heavy atom. The van der Waals surface area contributed by atoms with Crippen molar-refractivity contribution >= 4 is 10.8 Å². The maximum atomic E-state index is 10.9. The minimum atomic E-state index is 0.0729. The Labute approximate surface area is 174 Å². The zero-order valence-corrected chi connectivity index (χ0v) is 18.9. The lowest BCUT2D eigenvalue weighted by Gasteiger charge is -2.39. The number of nitrogens with zero attached hydrogens (tertiary/aromatic N) is 1. The number of benzene rings is 2. The van der Waals surface area contributed by atoms with Gasteiger partial charge in [0, 0.05) is 0 Å². The summed E-state index contributed by atoms with van der Waals surface area (Å²) in [6, 6.07) is 12.9. The van der Waals surface area contributed by atoms with Crippen molar-refractivity contribution < 1.29 is 9.59 Å². The van der Waals surface area contributed by atoms with Gasteiger partial charge >= 0.3 is 0 Å². The summed E-state index contributed by atoms with van der Waals surface area (Å²) in [4.78, 5) is 0. The van der Waals surface area contributed by atoms with Crippen LogP contribution in [0.5, 0.6) is 5.75 Å². The highest BCUT2D eigenvalue weighted by molar-refractivity contribution is 5.83. The molecule has 0 aliphatic heterocycles. The van der Waals surface area contributed by atoms with Crippen LogP contribution < -0.4 is 5.11 Å². The first-order valence-electron chi connectivity index (χ1n) is 11.6. The van der Waals surface area contributed by atoms with Gasteiger partial charge < -0.3 is 9.59 Å². The summed E-state index contributed by atoms with van der Waals surface area (Å²) >= 11 is 0. The van der Waals surface area contributed by atoms with Crippen molar-refractivity contribution in [2.75, 3.05) is 26.2 Å². The third-order valence-corrected chi connectivity index (χ3v) is 5.66. The molecule has 2 aromatic carbocycles. The average Bonchev–Trinajstić information content (AvgIpc) is 2.73. The van der Waals surface area contributed by atoms with Gasteiger partial charge in [-0.25, -0.2) is 0 Å². The van der Waals surface area contributed by atoms with Crippen molar-refractivity contribution in [2.45, 2.75) is 79.1 Å². The molecule has 158 valence electrons. The minimum Gasteiger partial charge on any atom is -0.872 e. The molecule has 0 atom stereocenters. The second-order valence-corrected chi connectivity index (χ2v) is 8.16. The predicted molar refractivity (Wildman–Crippen MR) is 123 cm³/mol. The van der Waals surface area contributed by atoms with Crippen molar-refractivity contribution in [1.82, 2.24) is 0 Å². The molecule has 0 aromatic heterocycles.